The van der Waals surface area contributed by atoms with Crippen molar-refractivity contribution in [3.05, 3.63) is 134 Å². The van der Waals surface area contributed by atoms with Gasteiger partial charge in [-0.05, 0) is 36.4 Å². The predicted molar refractivity (Wildman–Crippen MR) is 139 cm³/mol. The number of hydrogen-bond donors (Lipinski definition) is 1. The van der Waals surface area contributed by atoms with Gasteiger partial charge in [0.15, 0.2) is 5.91 Å². The van der Waals surface area contributed by atoms with E-state index in [1.165, 1.54) is 15.9 Å². The van der Waals surface area contributed by atoms with E-state index in [0.717, 1.165) is 6.54 Å². The molecular formula is C30H27FeNO2P-5. The fourth-order valence-corrected chi connectivity index (χ4v) is 5.79. The minimum absolute atomic E-state index is 0. The molecule has 0 aliphatic carbocycles. The molecule has 1 fully saturated rings. The van der Waals surface area contributed by atoms with Crippen molar-refractivity contribution < 1.29 is 26.5 Å². The van der Waals surface area contributed by atoms with Crippen molar-refractivity contribution in [3.8, 4) is 0 Å². The Bertz CT molecular complexity index is 971. The summed E-state index contributed by atoms with van der Waals surface area (Å²) < 4.78 is 7.50. The first kappa shape index (κ1) is 30.2. The van der Waals surface area contributed by atoms with Gasteiger partial charge in [-0.2, -0.15) is 0 Å². The predicted octanol–water partition coefficient (Wildman–Crippen LogP) is 4.09. The van der Waals surface area contributed by atoms with Gasteiger partial charge >= 0.3 is 11.3 Å². The quantitative estimate of drug-likeness (QED) is 0.188. The molecule has 0 atom stereocenters. The zero-order chi connectivity index (χ0) is 24.7. The molecule has 1 saturated heterocycles. The van der Waals surface area contributed by atoms with Gasteiger partial charge in [0.1, 0.15) is 15.9 Å². The van der Waals surface area contributed by atoms with Gasteiger partial charge in [0.05, 0.1) is 7.92 Å². The molecule has 3 nitrogen and oxygen atoms in total. The van der Waals surface area contributed by atoms with E-state index in [2.05, 4.69) is 127 Å². The Kier molecular flexibility index (Phi) is 14.4. The van der Waals surface area contributed by atoms with Crippen molar-refractivity contribution in [1.29, 1.82) is 0 Å². The van der Waals surface area contributed by atoms with Crippen LogP contribution < -0.4 is 21.2 Å². The molecule has 1 aliphatic heterocycles. The van der Waals surface area contributed by atoms with Crippen LogP contribution in [-0.2, 0) is 26.5 Å². The first-order chi connectivity index (χ1) is 16.6. The Labute approximate surface area is 221 Å². The number of benzene rings is 3. The molecule has 1 heterocycles. The number of nitrogens with one attached hydrogen (secondary N) is 1. The number of rotatable bonds is 3. The summed E-state index contributed by atoms with van der Waals surface area (Å²) in [4.78, 5) is 10.8. The molecule has 0 saturated carbocycles. The molecule has 5 rings (SSSR count). The molecule has 0 spiro atoms. The van der Waals surface area contributed by atoms with Gasteiger partial charge < -0.3 is 35.6 Å². The van der Waals surface area contributed by atoms with Crippen LogP contribution in [0.2, 0.25) is 0 Å². The Morgan fingerprint density at radius 3 is 1.37 bits per heavy atom. The minimum atomic E-state index is -0.877. The smallest absolute Gasteiger partial charge is 0.102 e. The van der Waals surface area contributed by atoms with E-state index in [9.17, 15) is 4.79 Å². The van der Waals surface area contributed by atoms with Gasteiger partial charge in [0.2, 0.25) is 0 Å². The van der Waals surface area contributed by atoms with Crippen LogP contribution >= 0.6 is 7.92 Å². The molecule has 4 aromatic carbocycles. The van der Waals surface area contributed by atoms with Crippen LogP contribution in [0.1, 0.15) is 13.8 Å². The Hall–Kier alpha value is -2.83. The summed E-state index contributed by atoms with van der Waals surface area (Å²) in [7, 11) is -0.877. The summed E-state index contributed by atoms with van der Waals surface area (Å²) in [6.45, 7) is 9.05. The number of hydrogen-bond acceptors (Lipinski definition) is 1. The normalized spacial score (nSPS) is 12.8. The topological polar surface area (TPSA) is 49.0 Å². The molecule has 1 aliphatic rings. The van der Waals surface area contributed by atoms with Crippen LogP contribution in [0.3, 0.4) is 0 Å². The molecule has 0 radical (unpaired) electrons. The third-order valence-electron chi connectivity index (χ3n) is 5.00. The van der Waals surface area contributed by atoms with E-state index >= 15 is 0 Å². The molecule has 1 amide bonds. The minimum Gasteiger partial charge on any atom is -0.999 e. The van der Waals surface area contributed by atoms with Gasteiger partial charge in [-0.25, -0.2) is 0 Å². The van der Waals surface area contributed by atoms with Gasteiger partial charge in [-0.1, -0.05) is 73.9 Å². The Morgan fingerprint density at radius 1 is 0.800 bits per heavy atom. The zero-order valence-corrected chi connectivity index (χ0v) is 21.8. The second kappa shape index (κ2) is 16.7. The van der Waals surface area contributed by atoms with Crippen LogP contribution in [0.15, 0.2) is 97.1 Å². The maximum absolute atomic E-state index is 10.8. The largest absolute Gasteiger partial charge is 0.999 e. The van der Waals surface area contributed by atoms with Gasteiger partial charge in [0, 0.05) is 17.1 Å². The molecule has 0 unspecified atom stereocenters. The number of amides is 1. The molecule has 182 valence electrons. The van der Waals surface area contributed by atoms with E-state index in [1.807, 2.05) is 20.3 Å². The third kappa shape index (κ3) is 10.1. The molecule has 5 heteroatoms. The molecule has 0 aromatic heterocycles. The van der Waals surface area contributed by atoms with Gasteiger partial charge in [-0.15, -0.1) is 6.54 Å². The zero-order valence-electron chi connectivity index (χ0n) is 19.7. The average molecular weight is 520 g/mol. The number of carbonyl (C=O) groups excluding carboxylic acids is 1. The second-order valence-electron chi connectivity index (χ2n) is 7.79. The van der Waals surface area contributed by atoms with E-state index in [1.54, 1.807) is 6.07 Å². The van der Waals surface area contributed by atoms with Crippen LogP contribution in [0.25, 0.3) is 0 Å². The van der Waals surface area contributed by atoms with Crippen molar-refractivity contribution >= 4 is 29.7 Å². The first-order valence-electron chi connectivity index (χ1n) is 10.8. The summed E-state index contributed by atoms with van der Waals surface area (Å²) in [6, 6.07) is 44.5. The van der Waals surface area contributed by atoms with Crippen LogP contribution in [0.5, 0.6) is 0 Å². The van der Waals surface area contributed by atoms with E-state index in [-0.39, 0.29) is 28.4 Å². The summed E-state index contributed by atoms with van der Waals surface area (Å²) in [5, 5.41) is 7.02. The number of carbonyl (C=O) groups is 1. The van der Waals surface area contributed by atoms with Gasteiger partial charge in [0.25, 0.3) is 0 Å². The molecular weight excluding hydrogens is 493 g/mol. The van der Waals surface area contributed by atoms with Crippen molar-refractivity contribution in [2.24, 2.45) is 5.41 Å². The summed E-state index contributed by atoms with van der Waals surface area (Å²) in [5.74, 6) is 0.137. The molecule has 0 bridgehead atoms. The Balaban J connectivity index is 0.000000316. The molecule has 4 aromatic rings. The van der Waals surface area contributed by atoms with E-state index in [4.69, 9.17) is 4.65 Å². The van der Waals surface area contributed by atoms with E-state index in [0.29, 0.717) is 0 Å². The first-order valence-corrected chi connectivity index (χ1v) is 12.3. The standard InChI is InChI=1S/C18H15P.C6H10NO.C5H.CO.Fe/c1-4-10-16(11-5-1)19(17-12-6-2-7-13-17)18-14-8-3-9-15-18;1-6(2)3-4-7-5(6)8;1-2-4-5-3-1;1-2;/h1-15H;3H,4H2,1-2H3,(H,7,8);1H;;/q;-1;-5;;/p+1. The summed E-state index contributed by atoms with van der Waals surface area (Å²) in [6.07, 6.45) is 1.98. The van der Waals surface area contributed by atoms with Gasteiger partial charge in [-0.3, -0.25) is 11.2 Å². The second-order valence-corrected chi connectivity index (χ2v) is 10.3. The van der Waals surface area contributed by atoms with Crippen molar-refractivity contribution in [3.63, 3.8) is 0 Å². The van der Waals surface area contributed by atoms with E-state index < -0.39 is 7.92 Å². The van der Waals surface area contributed by atoms with Crippen LogP contribution in [0.4, 0.5) is 0 Å². The fraction of sp³-hybridized carbons (Fsp3) is 0.133. The van der Waals surface area contributed by atoms with Crippen molar-refractivity contribution in [2.45, 2.75) is 13.8 Å². The third-order valence-corrected chi connectivity index (χ3v) is 7.73. The maximum Gasteiger partial charge on any atom is 0.102 e. The summed E-state index contributed by atoms with van der Waals surface area (Å²) >= 11 is 0. The Morgan fingerprint density at radius 2 is 1.17 bits per heavy atom. The van der Waals surface area contributed by atoms with Crippen LogP contribution in [-0.4, -0.2) is 12.5 Å². The average Bonchev–Trinajstić information content (AvgIpc) is 3.57. The summed E-state index contributed by atoms with van der Waals surface area (Å²) in [5.41, 5.74) is -0.222. The molecule has 1 N–H and O–H groups in total. The van der Waals surface area contributed by atoms with Crippen molar-refractivity contribution in [1.82, 2.24) is 5.32 Å². The maximum atomic E-state index is 10.8. The monoisotopic (exact) mass is 520 g/mol. The molecule has 35 heavy (non-hydrogen) atoms. The SMILES string of the molecule is CC1(C)[CH-]CNC1=O.[C-]#[O+].[Fe].[c-]1[c-][c-][cH-][c-]1.c1ccc([PH+](c2ccccc2)c2ccccc2)cc1. The van der Waals surface area contributed by atoms with Crippen LogP contribution in [0, 0.1) is 42.8 Å². The van der Waals surface area contributed by atoms with Crippen molar-refractivity contribution in [2.75, 3.05) is 6.54 Å². The fourth-order valence-electron chi connectivity index (χ4n) is 3.21.